The second-order valence-corrected chi connectivity index (χ2v) is 10.6. The van der Waals surface area contributed by atoms with Crippen LogP contribution >= 0.6 is 11.6 Å². The molecule has 2 aliphatic rings. The van der Waals surface area contributed by atoms with Gasteiger partial charge in [-0.2, -0.15) is 0 Å². The van der Waals surface area contributed by atoms with Crippen LogP contribution in [0.4, 0.5) is 4.39 Å². The van der Waals surface area contributed by atoms with E-state index in [2.05, 4.69) is 15.6 Å². The molecule has 0 radical (unpaired) electrons. The SMILES string of the molecule is CC1(C(=O)O)CCC(CC(=O)N2CCc3c(n(Cc4ccc(F)c(Cl)c4)c4ncccc34)C2)CC1. The lowest BCUT2D eigenvalue weighted by Gasteiger charge is -2.35. The highest BCUT2D eigenvalue weighted by atomic mass is 35.5. The second-order valence-electron chi connectivity index (χ2n) is 10.2. The summed E-state index contributed by atoms with van der Waals surface area (Å²) in [5, 5.41) is 10.6. The van der Waals surface area contributed by atoms with Gasteiger partial charge in [0, 0.05) is 36.8 Å². The van der Waals surface area contributed by atoms with E-state index >= 15 is 0 Å². The molecule has 3 aromatic rings. The number of carboxylic acid groups (broad SMARTS) is 1. The van der Waals surface area contributed by atoms with E-state index in [-0.39, 0.29) is 16.8 Å². The molecule has 35 heavy (non-hydrogen) atoms. The third kappa shape index (κ3) is 4.54. The number of hydrogen-bond donors (Lipinski definition) is 1. The van der Waals surface area contributed by atoms with Gasteiger partial charge in [-0.05, 0) is 80.3 Å². The van der Waals surface area contributed by atoms with Crippen molar-refractivity contribution in [2.75, 3.05) is 6.54 Å². The van der Waals surface area contributed by atoms with E-state index in [0.717, 1.165) is 41.6 Å². The van der Waals surface area contributed by atoms with Gasteiger partial charge >= 0.3 is 5.97 Å². The topological polar surface area (TPSA) is 75.4 Å². The van der Waals surface area contributed by atoms with E-state index in [1.807, 2.05) is 11.0 Å². The maximum atomic E-state index is 13.7. The zero-order valence-corrected chi connectivity index (χ0v) is 20.5. The van der Waals surface area contributed by atoms with E-state index in [1.165, 1.54) is 11.6 Å². The number of carbonyl (C=O) groups excluding carboxylic acids is 1. The van der Waals surface area contributed by atoms with Gasteiger partial charge in [0.15, 0.2) is 0 Å². The number of nitrogens with zero attached hydrogens (tertiary/aromatic N) is 3. The van der Waals surface area contributed by atoms with E-state index in [4.69, 9.17) is 11.6 Å². The third-order valence-corrected chi connectivity index (χ3v) is 8.17. The van der Waals surface area contributed by atoms with Gasteiger partial charge in [0.05, 0.1) is 17.0 Å². The van der Waals surface area contributed by atoms with Gasteiger partial charge in [0.25, 0.3) is 0 Å². The number of rotatable bonds is 5. The summed E-state index contributed by atoms with van der Waals surface area (Å²) < 4.78 is 15.8. The van der Waals surface area contributed by atoms with E-state index < -0.39 is 17.2 Å². The fourth-order valence-corrected chi connectivity index (χ4v) is 5.78. The van der Waals surface area contributed by atoms with Gasteiger partial charge in [-0.3, -0.25) is 9.59 Å². The van der Waals surface area contributed by atoms with Crippen LogP contribution in [0, 0.1) is 17.2 Å². The fourth-order valence-electron chi connectivity index (χ4n) is 5.57. The Kier molecular flexibility index (Phi) is 6.30. The van der Waals surface area contributed by atoms with Crippen molar-refractivity contribution in [2.45, 2.75) is 58.5 Å². The first-order chi connectivity index (χ1) is 16.7. The fraction of sp³-hybridized carbons (Fsp3) is 0.444. The molecule has 1 saturated carbocycles. The number of aliphatic carboxylic acids is 1. The lowest BCUT2D eigenvalue weighted by Crippen LogP contribution is -2.39. The van der Waals surface area contributed by atoms with Crippen LogP contribution in [0.15, 0.2) is 36.5 Å². The average Bonchev–Trinajstić information content (AvgIpc) is 3.16. The van der Waals surface area contributed by atoms with Crippen molar-refractivity contribution in [1.29, 1.82) is 0 Å². The standard InChI is InChI=1S/C27H29ClFN3O3/c1-27(26(34)35)9-6-17(7-10-27)14-24(33)31-12-8-19-20-3-2-11-30-25(20)32(23(19)16-31)15-18-4-5-22(29)21(28)13-18/h2-5,11,13,17H,6-10,12,14-16H2,1H3,(H,34,35). The average molecular weight is 498 g/mol. The Balaban J connectivity index is 1.36. The zero-order valence-electron chi connectivity index (χ0n) is 19.8. The number of aromatic nitrogens is 2. The van der Waals surface area contributed by atoms with Crippen molar-refractivity contribution in [3.63, 3.8) is 0 Å². The van der Waals surface area contributed by atoms with Crippen LogP contribution in [0.1, 0.15) is 55.8 Å². The molecule has 1 fully saturated rings. The number of carboxylic acids is 1. The number of halogens is 2. The monoisotopic (exact) mass is 497 g/mol. The van der Waals surface area contributed by atoms with Crippen molar-refractivity contribution in [3.8, 4) is 0 Å². The molecule has 184 valence electrons. The maximum absolute atomic E-state index is 13.7. The van der Waals surface area contributed by atoms with E-state index in [1.54, 1.807) is 25.3 Å². The number of amides is 1. The molecule has 0 bridgehead atoms. The molecule has 1 amide bonds. The molecular weight excluding hydrogens is 469 g/mol. The Bertz CT molecular complexity index is 1300. The van der Waals surface area contributed by atoms with Crippen LogP contribution in [-0.2, 0) is 29.1 Å². The van der Waals surface area contributed by atoms with Gasteiger partial charge in [-0.1, -0.05) is 17.7 Å². The Morgan fingerprint density at radius 2 is 2.03 bits per heavy atom. The molecule has 5 rings (SSSR count). The summed E-state index contributed by atoms with van der Waals surface area (Å²) in [6.45, 7) is 3.45. The maximum Gasteiger partial charge on any atom is 0.309 e. The third-order valence-electron chi connectivity index (χ3n) is 7.88. The molecule has 2 aromatic heterocycles. The van der Waals surface area contributed by atoms with Crippen LogP contribution in [-0.4, -0.2) is 38.0 Å². The quantitative estimate of drug-likeness (QED) is 0.509. The van der Waals surface area contributed by atoms with Crippen LogP contribution in [0.3, 0.4) is 0 Å². The van der Waals surface area contributed by atoms with Crippen LogP contribution in [0.25, 0.3) is 11.0 Å². The van der Waals surface area contributed by atoms with Crippen LogP contribution in [0.5, 0.6) is 0 Å². The van der Waals surface area contributed by atoms with Gasteiger partial charge in [-0.25, -0.2) is 9.37 Å². The minimum absolute atomic E-state index is 0.0871. The summed E-state index contributed by atoms with van der Waals surface area (Å²) >= 11 is 6.02. The number of hydrogen-bond acceptors (Lipinski definition) is 3. The Hall–Kier alpha value is -2.93. The molecule has 0 unspecified atom stereocenters. The molecule has 0 atom stereocenters. The molecule has 0 spiro atoms. The molecule has 1 N–H and O–H groups in total. The molecule has 1 aliphatic carbocycles. The molecule has 3 heterocycles. The summed E-state index contributed by atoms with van der Waals surface area (Å²) in [5.74, 6) is -0.842. The van der Waals surface area contributed by atoms with Crippen LogP contribution in [0.2, 0.25) is 5.02 Å². The van der Waals surface area contributed by atoms with Gasteiger partial charge in [0.2, 0.25) is 5.91 Å². The summed E-state index contributed by atoms with van der Waals surface area (Å²) in [4.78, 5) is 31.3. The van der Waals surface area contributed by atoms with Crippen molar-refractivity contribution in [3.05, 3.63) is 64.2 Å². The predicted molar refractivity (Wildman–Crippen MR) is 132 cm³/mol. The molecule has 0 saturated heterocycles. The highest BCUT2D eigenvalue weighted by molar-refractivity contribution is 6.30. The first-order valence-electron chi connectivity index (χ1n) is 12.2. The Morgan fingerprint density at radius 3 is 2.74 bits per heavy atom. The summed E-state index contributed by atoms with van der Waals surface area (Å²) in [6.07, 6.45) is 5.74. The second kappa shape index (κ2) is 9.26. The van der Waals surface area contributed by atoms with Gasteiger partial charge in [-0.15, -0.1) is 0 Å². The number of carbonyl (C=O) groups is 2. The van der Waals surface area contributed by atoms with Crippen molar-refractivity contribution < 1.29 is 19.1 Å². The minimum Gasteiger partial charge on any atom is -0.481 e. The minimum atomic E-state index is -0.741. The smallest absolute Gasteiger partial charge is 0.309 e. The number of fused-ring (bicyclic) bond motifs is 3. The van der Waals surface area contributed by atoms with Gasteiger partial charge < -0.3 is 14.6 Å². The van der Waals surface area contributed by atoms with Crippen LogP contribution < -0.4 is 0 Å². The van der Waals surface area contributed by atoms with Crippen molar-refractivity contribution in [1.82, 2.24) is 14.5 Å². The summed E-state index contributed by atoms with van der Waals surface area (Å²) in [5.41, 5.74) is 3.32. The molecule has 6 nitrogen and oxygen atoms in total. The Morgan fingerprint density at radius 1 is 1.26 bits per heavy atom. The summed E-state index contributed by atoms with van der Waals surface area (Å²) in [7, 11) is 0. The lowest BCUT2D eigenvalue weighted by atomic mass is 9.71. The largest absolute Gasteiger partial charge is 0.481 e. The molecule has 1 aliphatic heterocycles. The van der Waals surface area contributed by atoms with Crippen molar-refractivity contribution in [2.24, 2.45) is 11.3 Å². The molecular formula is C27H29ClFN3O3. The molecule has 1 aromatic carbocycles. The highest BCUT2D eigenvalue weighted by Gasteiger charge is 2.38. The normalized spacial score (nSPS) is 22.3. The number of pyridine rings is 1. The zero-order chi connectivity index (χ0) is 24.7. The molecule has 8 heteroatoms. The predicted octanol–water partition coefficient (Wildman–Crippen LogP) is 5.43. The highest BCUT2D eigenvalue weighted by Crippen LogP contribution is 2.40. The first-order valence-corrected chi connectivity index (χ1v) is 12.5. The lowest BCUT2D eigenvalue weighted by molar-refractivity contribution is -0.150. The number of benzene rings is 1. The van der Waals surface area contributed by atoms with Crippen molar-refractivity contribution >= 4 is 34.5 Å². The Labute approximate surface area is 208 Å². The summed E-state index contributed by atoms with van der Waals surface area (Å²) in [6, 6.07) is 8.72. The van der Waals surface area contributed by atoms with Gasteiger partial charge in [0.1, 0.15) is 11.5 Å². The first kappa shape index (κ1) is 23.8. The van der Waals surface area contributed by atoms with E-state index in [9.17, 15) is 19.1 Å². The van der Waals surface area contributed by atoms with E-state index in [0.29, 0.717) is 38.9 Å².